The molecule has 1 aromatic carbocycles. The molecule has 18 heavy (non-hydrogen) atoms. The molecule has 0 saturated heterocycles. The minimum Gasteiger partial charge on any atom is -0.395 e. The summed E-state index contributed by atoms with van der Waals surface area (Å²) < 4.78 is 25.0. The van der Waals surface area contributed by atoms with Crippen molar-refractivity contribution in [2.24, 2.45) is 0 Å². The van der Waals surface area contributed by atoms with Crippen LogP contribution in [0.15, 0.2) is 12.1 Å². The van der Waals surface area contributed by atoms with Crippen LogP contribution in [-0.4, -0.2) is 21.9 Å². The van der Waals surface area contributed by atoms with E-state index in [9.17, 15) is 4.21 Å². The van der Waals surface area contributed by atoms with Crippen LogP contribution < -0.4 is 14.8 Å². The first-order valence-electron chi connectivity index (χ1n) is 5.60. The molecule has 5 nitrogen and oxygen atoms in total. The highest BCUT2D eigenvalue weighted by Crippen LogP contribution is 2.32. The van der Waals surface area contributed by atoms with E-state index in [0.29, 0.717) is 5.69 Å². The van der Waals surface area contributed by atoms with E-state index in [0.717, 1.165) is 24.3 Å². The van der Waals surface area contributed by atoms with Crippen LogP contribution in [0.25, 0.3) is 0 Å². The van der Waals surface area contributed by atoms with E-state index in [1.54, 1.807) is 6.07 Å². The number of aryl methyl sites for hydroxylation is 1. The molecule has 0 saturated carbocycles. The molecule has 0 spiro atoms. The Labute approximate surface area is 113 Å². The van der Waals surface area contributed by atoms with Gasteiger partial charge in [0.15, 0.2) is 5.75 Å². The van der Waals surface area contributed by atoms with Crippen LogP contribution in [0, 0.1) is 6.92 Å². The molecule has 102 valence electrons. The molecule has 0 aliphatic heterocycles. The summed E-state index contributed by atoms with van der Waals surface area (Å²) in [6.45, 7) is 7.51. The molecule has 0 aromatic heterocycles. The molecular formula is C11H18N2O3S2. The summed E-state index contributed by atoms with van der Waals surface area (Å²) in [5, 5.41) is 0. The lowest BCUT2D eigenvalue weighted by atomic mass is 10.1. The Kier molecular flexibility index (Phi) is 4.78. The molecule has 0 heterocycles. The van der Waals surface area contributed by atoms with E-state index in [2.05, 4.69) is 16.1 Å². The number of hydrogen-bond donors (Lipinski definition) is 2. The van der Waals surface area contributed by atoms with Crippen molar-refractivity contribution in [2.75, 3.05) is 23.7 Å². The summed E-state index contributed by atoms with van der Waals surface area (Å²) in [6.07, 6.45) is 0. The maximum atomic E-state index is 11.1. The first-order valence-corrected chi connectivity index (χ1v) is 7.97. The number of rotatable bonds is 5. The second-order valence-corrected chi connectivity index (χ2v) is 6.14. The highest BCUT2D eigenvalue weighted by atomic mass is 32.9. The molecule has 7 heteroatoms. The van der Waals surface area contributed by atoms with Gasteiger partial charge in [-0.05, 0) is 32.4 Å². The highest BCUT2D eigenvalue weighted by molar-refractivity contribution is 8.27. The van der Waals surface area contributed by atoms with Gasteiger partial charge in [-0.25, -0.2) is 0 Å². The molecule has 0 bridgehead atoms. The van der Waals surface area contributed by atoms with Crippen LogP contribution in [-0.2, 0) is 20.2 Å². The molecule has 0 aliphatic rings. The van der Waals surface area contributed by atoms with Crippen molar-refractivity contribution in [3.8, 4) is 5.75 Å². The lowest BCUT2D eigenvalue weighted by Crippen LogP contribution is -2.22. The largest absolute Gasteiger partial charge is 0.395 e. The van der Waals surface area contributed by atoms with Crippen molar-refractivity contribution in [3.63, 3.8) is 0 Å². The Balaban J connectivity index is 3.26. The van der Waals surface area contributed by atoms with Crippen LogP contribution in [0.4, 0.5) is 11.4 Å². The average Bonchev–Trinajstić information content (AvgIpc) is 2.25. The number of nitrogens with zero attached hydrogens (tertiary/aromatic N) is 1. The normalized spacial score (nSPS) is 14.0. The van der Waals surface area contributed by atoms with Gasteiger partial charge >= 0.3 is 9.05 Å². The van der Waals surface area contributed by atoms with Gasteiger partial charge in [-0.15, -0.1) is 0 Å². The van der Waals surface area contributed by atoms with Gasteiger partial charge in [0.2, 0.25) is 0 Å². The van der Waals surface area contributed by atoms with Crippen molar-refractivity contribution >= 4 is 31.6 Å². The van der Waals surface area contributed by atoms with Crippen molar-refractivity contribution in [1.82, 2.24) is 0 Å². The van der Waals surface area contributed by atoms with Gasteiger partial charge < -0.3 is 14.8 Å². The van der Waals surface area contributed by atoms with E-state index in [1.165, 1.54) is 0 Å². The Morgan fingerprint density at radius 1 is 1.44 bits per heavy atom. The van der Waals surface area contributed by atoms with Gasteiger partial charge in [-0.1, -0.05) is 0 Å². The summed E-state index contributed by atoms with van der Waals surface area (Å²) in [5.74, 6) is 0.152. The lowest BCUT2D eigenvalue weighted by Gasteiger charge is -2.23. The van der Waals surface area contributed by atoms with Gasteiger partial charge in [0.1, 0.15) is 0 Å². The first kappa shape index (κ1) is 15.0. The summed E-state index contributed by atoms with van der Waals surface area (Å²) in [6, 6.07) is 3.55. The predicted molar refractivity (Wildman–Crippen MR) is 77.9 cm³/mol. The van der Waals surface area contributed by atoms with E-state index >= 15 is 0 Å². The van der Waals surface area contributed by atoms with Crippen molar-refractivity contribution in [1.29, 1.82) is 0 Å². The fraction of sp³-hybridized carbons (Fsp3) is 0.455. The molecule has 0 aliphatic carbocycles. The molecule has 1 atom stereocenters. The third-order valence-corrected chi connectivity index (χ3v) is 3.25. The number of nitrogens with two attached hydrogens (primary N) is 1. The summed E-state index contributed by atoms with van der Waals surface area (Å²) in [5.41, 5.74) is 7.82. The second-order valence-electron chi connectivity index (χ2n) is 3.86. The monoisotopic (exact) mass is 290 g/mol. The van der Waals surface area contributed by atoms with Crippen LogP contribution >= 0.6 is 0 Å². The summed E-state index contributed by atoms with van der Waals surface area (Å²) in [7, 11) is -3.74. The lowest BCUT2D eigenvalue weighted by molar-refractivity contribution is 0.455. The first-order chi connectivity index (χ1) is 8.28. The Bertz CT molecular complexity index is 525. The third-order valence-electron chi connectivity index (χ3n) is 2.66. The molecular weight excluding hydrogens is 272 g/mol. The van der Waals surface area contributed by atoms with Crippen LogP contribution in [0.5, 0.6) is 5.75 Å². The highest BCUT2D eigenvalue weighted by Gasteiger charge is 2.13. The van der Waals surface area contributed by atoms with Gasteiger partial charge in [-0.2, -0.15) is 4.21 Å². The van der Waals surface area contributed by atoms with Gasteiger partial charge in [0.25, 0.3) is 0 Å². The van der Waals surface area contributed by atoms with Gasteiger partial charge in [-0.3, -0.25) is 4.55 Å². The number of hydrogen-bond acceptors (Lipinski definition) is 5. The zero-order chi connectivity index (χ0) is 13.9. The van der Waals surface area contributed by atoms with E-state index < -0.39 is 9.05 Å². The minimum atomic E-state index is -3.74. The van der Waals surface area contributed by atoms with Gasteiger partial charge in [0.05, 0.1) is 16.9 Å². The number of benzene rings is 1. The topological polar surface area (TPSA) is 75.8 Å². The molecule has 0 radical (unpaired) electrons. The zero-order valence-electron chi connectivity index (χ0n) is 10.7. The minimum absolute atomic E-state index is 0.152. The molecule has 1 unspecified atom stereocenters. The fourth-order valence-electron chi connectivity index (χ4n) is 1.70. The molecule has 0 amide bonds. The van der Waals surface area contributed by atoms with Crippen LogP contribution in [0.3, 0.4) is 0 Å². The van der Waals surface area contributed by atoms with Crippen molar-refractivity contribution in [3.05, 3.63) is 17.7 Å². The molecule has 1 aromatic rings. The quantitative estimate of drug-likeness (QED) is 0.807. The van der Waals surface area contributed by atoms with Crippen molar-refractivity contribution in [2.45, 2.75) is 20.8 Å². The van der Waals surface area contributed by atoms with E-state index in [4.69, 9.17) is 14.5 Å². The smallest absolute Gasteiger partial charge is 0.311 e. The Morgan fingerprint density at radius 2 is 2.00 bits per heavy atom. The Hall–Kier alpha value is -1.05. The third kappa shape index (κ3) is 3.72. The average molecular weight is 290 g/mol. The number of anilines is 2. The van der Waals surface area contributed by atoms with Gasteiger partial charge in [0, 0.05) is 24.8 Å². The standard InChI is InChI=1S/C11H18N2O3S2/c1-4-13(5-2)9-6-8(3)11(12)10(7-9)16-18(14,15)17/h6-7H,4-5,12H2,1-3H3,(H,14,15,17). The Morgan fingerprint density at radius 3 is 2.44 bits per heavy atom. The zero-order valence-corrected chi connectivity index (χ0v) is 12.3. The van der Waals surface area contributed by atoms with Crippen molar-refractivity contribution < 1.29 is 12.9 Å². The summed E-state index contributed by atoms with van der Waals surface area (Å²) >= 11 is 4.33. The van der Waals surface area contributed by atoms with E-state index in [1.807, 2.05) is 26.8 Å². The fourth-order valence-corrected chi connectivity index (χ4v) is 2.29. The number of nitrogen functional groups attached to an aromatic ring is 1. The molecule has 0 fully saturated rings. The summed E-state index contributed by atoms with van der Waals surface area (Å²) in [4.78, 5) is 2.09. The second kappa shape index (κ2) is 5.73. The SMILES string of the molecule is CCN(CC)c1cc(C)c(N)c(OS(=O)(O)=S)c1. The molecule has 1 rings (SSSR count). The predicted octanol–water partition coefficient (Wildman–Crippen LogP) is 1.94. The van der Waals surface area contributed by atoms with Crippen LogP contribution in [0.2, 0.25) is 0 Å². The maximum absolute atomic E-state index is 11.1. The van der Waals surface area contributed by atoms with E-state index in [-0.39, 0.29) is 5.75 Å². The van der Waals surface area contributed by atoms with Crippen LogP contribution in [0.1, 0.15) is 19.4 Å². The maximum Gasteiger partial charge on any atom is 0.311 e. The molecule has 3 N–H and O–H groups in total.